The highest BCUT2D eigenvalue weighted by Gasteiger charge is 2.44. The van der Waals surface area contributed by atoms with Crippen molar-refractivity contribution >= 4 is 28.6 Å². The molecule has 0 aliphatic carbocycles. The Labute approximate surface area is 152 Å². The maximum absolute atomic E-state index is 10.2. The molecule has 0 aromatic carbocycles. The summed E-state index contributed by atoms with van der Waals surface area (Å²) >= 11 is 5.82. The summed E-state index contributed by atoms with van der Waals surface area (Å²) in [5, 5.41) is 32.9. The fourth-order valence-electron chi connectivity index (χ4n) is 2.89. The van der Waals surface area contributed by atoms with Gasteiger partial charge < -0.3 is 29.8 Å². The number of aliphatic hydroxyl groups excluding tert-OH is 3. The van der Waals surface area contributed by atoms with Gasteiger partial charge in [0, 0.05) is 6.07 Å². The van der Waals surface area contributed by atoms with Crippen molar-refractivity contribution < 1.29 is 24.5 Å². The lowest BCUT2D eigenvalue weighted by Crippen LogP contribution is -2.33. The SMILES string of the molecule is OC[C@H]1O[C@@H](n2cnc3c(NCc4cc(Cl)co4)ncnc32)[C@@H](O)[C@@H]1O. The smallest absolute Gasteiger partial charge is 0.167 e. The number of hydrogen-bond donors (Lipinski definition) is 4. The molecule has 3 aromatic rings. The van der Waals surface area contributed by atoms with Crippen LogP contribution in [-0.2, 0) is 11.3 Å². The number of anilines is 1. The highest BCUT2D eigenvalue weighted by Crippen LogP contribution is 2.32. The Morgan fingerprint density at radius 2 is 2.08 bits per heavy atom. The van der Waals surface area contributed by atoms with E-state index in [0.29, 0.717) is 34.3 Å². The molecule has 0 bridgehead atoms. The van der Waals surface area contributed by atoms with Gasteiger partial charge in [0.1, 0.15) is 36.7 Å². The first-order valence-corrected chi connectivity index (χ1v) is 8.23. The number of hydrogen-bond acceptors (Lipinski definition) is 9. The first-order valence-electron chi connectivity index (χ1n) is 7.85. The fraction of sp³-hybridized carbons (Fsp3) is 0.400. The second-order valence-electron chi connectivity index (χ2n) is 5.86. The molecular formula is C15H16ClN5O5. The Hall–Kier alpha value is -2.24. The van der Waals surface area contributed by atoms with Crippen LogP contribution >= 0.6 is 11.6 Å². The molecule has 11 heteroatoms. The van der Waals surface area contributed by atoms with Gasteiger partial charge in [-0.2, -0.15) is 0 Å². The first kappa shape index (κ1) is 17.2. The van der Waals surface area contributed by atoms with Gasteiger partial charge in [-0.15, -0.1) is 0 Å². The molecule has 26 heavy (non-hydrogen) atoms. The van der Waals surface area contributed by atoms with E-state index in [0.717, 1.165) is 0 Å². The van der Waals surface area contributed by atoms with Gasteiger partial charge in [-0.3, -0.25) is 4.57 Å². The second kappa shape index (κ2) is 6.82. The van der Waals surface area contributed by atoms with Gasteiger partial charge >= 0.3 is 0 Å². The van der Waals surface area contributed by atoms with Crippen LogP contribution < -0.4 is 5.32 Å². The van der Waals surface area contributed by atoms with Crippen molar-refractivity contribution in [2.75, 3.05) is 11.9 Å². The third kappa shape index (κ3) is 2.91. The Morgan fingerprint density at radius 1 is 1.23 bits per heavy atom. The summed E-state index contributed by atoms with van der Waals surface area (Å²) in [4.78, 5) is 12.6. The van der Waals surface area contributed by atoms with E-state index in [-0.39, 0.29) is 0 Å². The molecule has 4 heterocycles. The van der Waals surface area contributed by atoms with E-state index in [2.05, 4.69) is 20.3 Å². The highest BCUT2D eigenvalue weighted by molar-refractivity contribution is 6.30. The number of imidazole rings is 1. The summed E-state index contributed by atoms with van der Waals surface area (Å²) in [5.41, 5.74) is 0.873. The fourth-order valence-corrected chi connectivity index (χ4v) is 3.06. The number of aliphatic hydroxyl groups is 3. The molecular weight excluding hydrogens is 366 g/mol. The molecule has 4 N–H and O–H groups in total. The predicted molar refractivity (Wildman–Crippen MR) is 89.4 cm³/mol. The average Bonchev–Trinajstić information content (AvgIpc) is 3.32. The van der Waals surface area contributed by atoms with Crippen LogP contribution in [0.2, 0.25) is 5.02 Å². The Morgan fingerprint density at radius 3 is 2.77 bits per heavy atom. The zero-order chi connectivity index (χ0) is 18.3. The normalized spacial score (nSPS) is 25.8. The van der Waals surface area contributed by atoms with Crippen LogP contribution in [0.25, 0.3) is 11.2 Å². The number of nitrogens with zero attached hydrogens (tertiary/aromatic N) is 4. The van der Waals surface area contributed by atoms with Crippen molar-refractivity contribution in [3.8, 4) is 0 Å². The van der Waals surface area contributed by atoms with Crippen molar-refractivity contribution in [3.63, 3.8) is 0 Å². The summed E-state index contributed by atoms with van der Waals surface area (Å²) in [7, 11) is 0. The number of halogens is 1. The van der Waals surface area contributed by atoms with Crippen LogP contribution in [0.4, 0.5) is 5.82 Å². The number of rotatable bonds is 5. The number of aromatic nitrogens is 4. The molecule has 0 spiro atoms. The van der Waals surface area contributed by atoms with Crippen molar-refractivity contribution in [1.82, 2.24) is 19.5 Å². The van der Waals surface area contributed by atoms with E-state index < -0.39 is 31.1 Å². The van der Waals surface area contributed by atoms with Gasteiger partial charge in [0.15, 0.2) is 23.2 Å². The lowest BCUT2D eigenvalue weighted by molar-refractivity contribution is -0.0511. The monoisotopic (exact) mass is 381 g/mol. The maximum atomic E-state index is 10.2. The van der Waals surface area contributed by atoms with E-state index >= 15 is 0 Å². The van der Waals surface area contributed by atoms with Gasteiger partial charge in [0.05, 0.1) is 24.5 Å². The van der Waals surface area contributed by atoms with Gasteiger partial charge in [0.2, 0.25) is 0 Å². The van der Waals surface area contributed by atoms with Crippen molar-refractivity contribution in [2.45, 2.75) is 31.1 Å². The predicted octanol–water partition coefficient (Wildman–Crippen LogP) is 0.296. The van der Waals surface area contributed by atoms with Gasteiger partial charge in [0.25, 0.3) is 0 Å². The molecule has 0 radical (unpaired) electrons. The molecule has 10 nitrogen and oxygen atoms in total. The van der Waals surface area contributed by atoms with Gasteiger partial charge in [-0.05, 0) is 0 Å². The van der Waals surface area contributed by atoms with Gasteiger partial charge in [-0.25, -0.2) is 15.0 Å². The lowest BCUT2D eigenvalue weighted by Gasteiger charge is -2.16. The van der Waals surface area contributed by atoms with Crippen LogP contribution in [0.5, 0.6) is 0 Å². The number of ether oxygens (including phenoxy) is 1. The van der Waals surface area contributed by atoms with E-state index in [1.807, 2.05) is 0 Å². The van der Waals surface area contributed by atoms with Crippen LogP contribution in [0.15, 0.2) is 29.4 Å². The van der Waals surface area contributed by atoms with Crippen molar-refractivity contribution in [2.24, 2.45) is 0 Å². The maximum Gasteiger partial charge on any atom is 0.167 e. The van der Waals surface area contributed by atoms with E-state index in [1.165, 1.54) is 23.5 Å². The summed E-state index contributed by atoms with van der Waals surface area (Å²) in [6, 6.07) is 1.69. The quantitative estimate of drug-likeness (QED) is 0.491. The standard InChI is InChI=1S/C15H16ClN5O5/c16-7-1-8(25-4-7)2-17-13-10-14(19-5-18-13)21(6-20-10)15-12(24)11(23)9(3-22)26-15/h1,4-6,9,11-12,15,22-24H,2-3H2,(H,17,18,19)/t9-,11-,12+,15-/m1/s1. The molecule has 0 amide bonds. The van der Waals surface area contributed by atoms with Crippen molar-refractivity contribution in [3.05, 3.63) is 35.8 Å². The molecule has 1 fully saturated rings. The van der Waals surface area contributed by atoms with Crippen molar-refractivity contribution in [1.29, 1.82) is 0 Å². The van der Waals surface area contributed by atoms with Crippen LogP contribution in [0, 0.1) is 0 Å². The number of furan rings is 1. The van der Waals surface area contributed by atoms with E-state index in [1.54, 1.807) is 6.07 Å². The van der Waals surface area contributed by atoms with Crippen LogP contribution in [0.1, 0.15) is 12.0 Å². The highest BCUT2D eigenvalue weighted by atomic mass is 35.5. The third-order valence-electron chi connectivity index (χ3n) is 4.20. The Balaban J connectivity index is 1.61. The third-order valence-corrected chi connectivity index (χ3v) is 4.40. The summed E-state index contributed by atoms with van der Waals surface area (Å²) < 4.78 is 12.3. The van der Waals surface area contributed by atoms with Crippen LogP contribution in [-0.4, -0.2) is 59.8 Å². The first-order chi connectivity index (χ1) is 12.6. The topological polar surface area (TPSA) is 139 Å². The molecule has 138 valence electrons. The summed E-state index contributed by atoms with van der Waals surface area (Å²) in [6.45, 7) is -0.0611. The van der Waals surface area contributed by atoms with E-state index in [4.69, 9.17) is 20.8 Å². The lowest BCUT2D eigenvalue weighted by atomic mass is 10.1. The summed E-state index contributed by atoms with van der Waals surface area (Å²) in [5.74, 6) is 1.10. The zero-order valence-corrected chi connectivity index (χ0v) is 14.1. The molecule has 1 aliphatic heterocycles. The number of nitrogens with one attached hydrogen (secondary N) is 1. The number of fused-ring (bicyclic) bond motifs is 1. The molecule has 0 unspecified atom stereocenters. The van der Waals surface area contributed by atoms with Gasteiger partial charge in [-0.1, -0.05) is 11.6 Å². The van der Waals surface area contributed by atoms with Crippen LogP contribution in [0.3, 0.4) is 0 Å². The molecule has 4 rings (SSSR count). The summed E-state index contributed by atoms with van der Waals surface area (Å²) in [6.07, 6.45) is -0.000475. The molecule has 4 atom stereocenters. The average molecular weight is 382 g/mol. The second-order valence-corrected chi connectivity index (χ2v) is 6.30. The van der Waals surface area contributed by atoms with E-state index in [9.17, 15) is 15.3 Å². The minimum Gasteiger partial charge on any atom is -0.466 e. The minimum atomic E-state index is -1.22. The molecule has 1 saturated heterocycles. The zero-order valence-electron chi connectivity index (χ0n) is 13.4. The molecule has 0 saturated carbocycles. The Kier molecular flexibility index (Phi) is 4.51. The minimum absolute atomic E-state index is 0.347. The Bertz CT molecular complexity index is 915. The molecule has 1 aliphatic rings. The largest absolute Gasteiger partial charge is 0.466 e. The molecule has 3 aromatic heterocycles.